The summed E-state index contributed by atoms with van der Waals surface area (Å²) in [6.07, 6.45) is 4.20. The lowest BCUT2D eigenvalue weighted by atomic mass is 9.84. The summed E-state index contributed by atoms with van der Waals surface area (Å²) in [5.74, 6) is 0.0118. The van der Waals surface area contributed by atoms with Crippen molar-refractivity contribution in [3.05, 3.63) is 29.6 Å². The largest absolute Gasteiger partial charge is 0.428 e. The zero-order valence-electron chi connectivity index (χ0n) is 11.7. The Balaban J connectivity index is 1.81. The summed E-state index contributed by atoms with van der Waals surface area (Å²) in [5, 5.41) is 8.79. The van der Waals surface area contributed by atoms with Crippen LogP contribution < -0.4 is 4.90 Å². The van der Waals surface area contributed by atoms with E-state index in [1.54, 1.807) is 12.1 Å². The van der Waals surface area contributed by atoms with Crippen LogP contribution in [0.25, 0.3) is 0 Å². The smallest absolute Gasteiger partial charge is 0.415 e. The highest BCUT2D eigenvalue weighted by molar-refractivity contribution is 5.90. The van der Waals surface area contributed by atoms with Crippen molar-refractivity contribution in [3.8, 4) is 6.07 Å². The Morgan fingerprint density at radius 2 is 2.05 bits per heavy atom. The number of halogens is 1. The SMILES string of the molecule is N#C[C@H]1CN(c2ccc(C3CCCCC3)c(F)c2)C(=O)O1. The first-order valence-electron chi connectivity index (χ1n) is 7.36. The van der Waals surface area contributed by atoms with Crippen molar-refractivity contribution < 1.29 is 13.9 Å². The van der Waals surface area contributed by atoms with E-state index in [0.717, 1.165) is 31.2 Å². The van der Waals surface area contributed by atoms with Crippen LogP contribution in [0.15, 0.2) is 18.2 Å². The topological polar surface area (TPSA) is 53.3 Å². The van der Waals surface area contributed by atoms with Crippen LogP contribution >= 0.6 is 0 Å². The number of nitriles is 1. The zero-order valence-corrected chi connectivity index (χ0v) is 11.7. The van der Waals surface area contributed by atoms with E-state index >= 15 is 0 Å². The second-order valence-electron chi connectivity index (χ2n) is 5.65. The first kappa shape index (κ1) is 13.9. The predicted octanol–water partition coefficient (Wildman–Crippen LogP) is 3.72. The molecule has 1 aromatic rings. The van der Waals surface area contributed by atoms with Crippen molar-refractivity contribution in [2.24, 2.45) is 0 Å². The van der Waals surface area contributed by atoms with Crippen LogP contribution in [-0.4, -0.2) is 18.7 Å². The van der Waals surface area contributed by atoms with Gasteiger partial charge in [0.15, 0.2) is 0 Å². The van der Waals surface area contributed by atoms with E-state index in [1.807, 2.05) is 6.07 Å². The molecule has 1 saturated heterocycles. The Hall–Kier alpha value is -2.09. The molecule has 0 radical (unpaired) electrons. The normalized spacial score (nSPS) is 23.0. The molecule has 1 amide bonds. The Labute approximate surface area is 123 Å². The predicted molar refractivity (Wildman–Crippen MR) is 75.5 cm³/mol. The molecular weight excluding hydrogens is 271 g/mol. The highest BCUT2D eigenvalue weighted by atomic mass is 19.1. The summed E-state index contributed by atoms with van der Waals surface area (Å²) in [6, 6.07) is 6.79. The number of amides is 1. The van der Waals surface area contributed by atoms with Gasteiger partial charge in [-0.25, -0.2) is 9.18 Å². The van der Waals surface area contributed by atoms with E-state index in [2.05, 4.69) is 0 Å². The van der Waals surface area contributed by atoms with Crippen molar-refractivity contribution >= 4 is 11.8 Å². The van der Waals surface area contributed by atoms with Crippen molar-refractivity contribution in [2.45, 2.75) is 44.1 Å². The number of ether oxygens (including phenoxy) is 1. The molecule has 3 rings (SSSR count). The van der Waals surface area contributed by atoms with E-state index in [9.17, 15) is 9.18 Å². The molecule has 1 saturated carbocycles. The summed E-state index contributed by atoms with van der Waals surface area (Å²) in [5.41, 5.74) is 1.19. The first-order valence-corrected chi connectivity index (χ1v) is 7.36. The fourth-order valence-electron chi connectivity index (χ4n) is 3.17. The van der Waals surface area contributed by atoms with Crippen LogP contribution in [0.5, 0.6) is 0 Å². The maximum absolute atomic E-state index is 14.4. The number of nitrogens with zero attached hydrogens (tertiary/aromatic N) is 2. The van der Waals surface area contributed by atoms with Gasteiger partial charge in [0.25, 0.3) is 0 Å². The summed E-state index contributed by atoms with van der Waals surface area (Å²) < 4.78 is 19.2. The van der Waals surface area contributed by atoms with Crippen LogP contribution in [0, 0.1) is 17.1 Å². The van der Waals surface area contributed by atoms with Gasteiger partial charge in [0.05, 0.1) is 12.2 Å². The molecule has 2 fully saturated rings. The second kappa shape index (κ2) is 5.72. The highest BCUT2D eigenvalue weighted by Crippen LogP contribution is 2.35. The Morgan fingerprint density at radius 3 is 2.67 bits per heavy atom. The molecule has 1 heterocycles. The van der Waals surface area contributed by atoms with Gasteiger partial charge in [-0.05, 0) is 36.5 Å². The minimum Gasteiger partial charge on any atom is -0.428 e. The fourth-order valence-corrected chi connectivity index (χ4v) is 3.17. The molecular formula is C16H17FN2O2. The second-order valence-corrected chi connectivity index (χ2v) is 5.65. The fraction of sp³-hybridized carbons (Fsp3) is 0.500. The number of carbonyl (C=O) groups is 1. The third kappa shape index (κ3) is 2.71. The average Bonchev–Trinajstić information content (AvgIpc) is 2.89. The molecule has 2 aliphatic rings. The molecule has 21 heavy (non-hydrogen) atoms. The van der Waals surface area contributed by atoms with E-state index in [4.69, 9.17) is 10.00 Å². The Bertz CT molecular complexity index is 590. The third-order valence-corrected chi connectivity index (χ3v) is 4.30. The van der Waals surface area contributed by atoms with Gasteiger partial charge in [-0.1, -0.05) is 25.3 Å². The van der Waals surface area contributed by atoms with Gasteiger partial charge in [0.1, 0.15) is 11.9 Å². The van der Waals surface area contributed by atoms with Gasteiger partial charge in [0.2, 0.25) is 6.10 Å². The number of cyclic esters (lactones) is 1. The van der Waals surface area contributed by atoms with Gasteiger partial charge >= 0.3 is 6.09 Å². The molecule has 0 aromatic heterocycles. The molecule has 5 heteroatoms. The van der Waals surface area contributed by atoms with Gasteiger partial charge in [-0.2, -0.15) is 5.26 Å². The maximum atomic E-state index is 14.4. The van der Waals surface area contributed by atoms with Crippen LogP contribution in [0.1, 0.15) is 43.6 Å². The molecule has 1 aliphatic heterocycles. The van der Waals surface area contributed by atoms with Crippen LogP contribution in [0.4, 0.5) is 14.9 Å². The minimum absolute atomic E-state index is 0.150. The van der Waals surface area contributed by atoms with Crippen molar-refractivity contribution in [2.75, 3.05) is 11.4 Å². The number of hydrogen-bond acceptors (Lipinski definition) is 3. The minimum atomic E-state index is -0.779. The lowest BCUT2D eigenvalue weighted by Crippen LogP contribution is -2.24. The molecule has 4 nitrogen and oxygen atoms in total. The first-order chi connectivity index (χ1) is 10.2. The van der Waals surface area contributed by atoms with E-state index in [-0.39, 0.29) is 18.3 Å². The summed E-state index contributed by atoms with van der Waals surface area (Å²) in [7, 11) is 0. The standard InChI is InChI=1S/C16H17FN2O2/c17-15-8-12(19-10-13(9-18)21-16(19)20)6-7-14(15)11-4-2-1-3-5-11/h6-8,11,13H,1-5,10H2/t13-/m0/s1. The molecule has 0 unspecified atom stereocenters. The highest BCUT2D eigenvalue weighted by Gasteiger charge is 2.32. The number of anilines is 1. The number of rotatable bonds is 2. The number of carbonyl (C=O) groups excluding carboxylic acids is 1. The zero-order chi connectivity index (χ0) is 14.8. The summed E-state index contributed by atoms with van der Waals surface area (Å²) in [4.78, 5) is 13.0. The van der Waals surface area contributed by atoms with E-state index in [1.165, 1.54) is 17.4 Å². The summed E-state index contributed by atoms with van der Waals surface area (Å²) >= 11 is 0. The monoisotopic (exact) mass is 288 g/mol. The quantitative estimate of drug-likeness (QED) is 0.833. The molecule has 110 valence electrons. The number of benzene rings is 1. The van der Waals surface area contributed by atoms with Crippen LogP contribution in [0.3, 0.4) is 0 Å². The van der Waals surface area contributed by atoms with Gasteiger partial charge in [-0.15, -0.1) is 0 Å². The lowest BCUT2D eigenvalue weighted by molar-refractivity contribution is 0.162. The molecule has 0 N–H and O–H groups in total. The Kier molecular flexibility index (Phi) is 3.78. The summed E-state index contributed by atoms with van der Waals surface area (Å²) in [6.45, 7) is 0.150. The van der Waals surface area contributed by atoms with Crippen molar-refractivity contribution in [1.82, 2.24) is 0 Å². The molecule has 0 bridgehead atoms. The molecule has 1 atom stereocenters. The van der Waals surface area contributed by atoms with Gasteiger partial charge in [0, 0.05) is 0 Å². The molecule has 1 aromatic carbocycles. The molecule has 1 aliphatic carbocycles. The number of hydrogen-bond donors (Lipinski definition) is 0. The van der Waals surface area contributed by atoms with E-state index in [0.29, 0.717) is 5.69 Å². The van der Waals surface area contributed by atoms with Gasteiger partial charge in [-0.3, -0.25) is 4.90 Å². The van der Waals surface area contributed by atoms with E-state index < -0.39 is 12.2 Å². The third-order valence-electron chi connectivity index (χ3n) is 4.30. The van der Waals surface area contributed by atoms with Gasteiger partial charge < -0.3 is 4.74 Å². The van der Waals surface area contributed by atoms with Crippen LogP contribution in [0.2, 0.25) is 0 Å². The lowest BCUT2D eigenvalue weighted by Gasteiger charge is -2.23. The average molecular weight is 288 g/mol. The van der Waals surface area contributed by atoms with Crippen LogP contribution in [-0.2, 0) is 4.74 Å². The molecule has 0 spiro atoms. The van der Waals surface area contributed by atoms with Crippen molar-refractivity contribution in [3.63, 3.8) is 0 Å². The Morgan fingerprint density at radius 1 is 1.29 bits per heavy atom. The maximum Gasteiger partial charge on any atom is 0.415 e. The van der Waals surface area contributed by atoms with Crippen molar-refractivity contribution in [1.29, 1.82) is 5.26 Å².